The van der Waals surface area contributed by atoms with E-state index in [-0.39, 0.29) is 30.0 Å². The third-order valence-corrected chi connectivity index (χ3v) is 14.1. The molecule has 1 unspecified atom stereocenters. The number of likely N-dealkylation sites (tertiary alicyclic amines) is 1. The molecule has 66 heavy (non-hydrogen) atoms. The molecule has 0 bridgehead atoms. The van der Waals surface area contributed by atoms with Gasteiger partial charge in [0.25, 0.3) is 0 Å². The van der Waals surface area contributed by atoms with E-state index in [4.69, 9.17) is 4.98 Å². The van der Waals surface area contributed by atoms with Crippen molar-refractivity contribution in [3.63, 3.8) is 0 Å². The van der Waals surface area contributed by atoms with Crippen LogP contribution in [0.25, 0.3) is 27.9 Å². The zero-order valence-electron chi connectivity index (χ0n) is 37.6. The van der Waals surface area contributed by atoms with Crippen molar-refractivity contribution in [1.82, 2.24) is 34.5 Å². The van der Waals surface area contributed by atoms with Crippen LogP contribution in [0.5, 0.6) is 0 Å². The van der Waals surface area contributed by atoms with E-state index < -0.39 is 17.4 Å². The summed E-state index contributed by atoms with van der Waals surface area (Å²) in [7, 11) is 1.63. The largest absolute Gasteiger partial charge is 0.350 e. The number of nitrogens with one attached hydrogen (secondary N) is 1. The summed E-state index contributed by atoms with van der Waals surface area (Å²) in [4.78, 5) is 81.9. The Morgan fingerprint density at radius 1 is 0.788 bits per heavy atom. The molecule has 3 saturated heterocycles. The normalized spacial score (nSPS) is 18.9. The van der Waals surface area contributed by atoms with Crippen LogP contribution < -0.4 is 25.7 Å². The van der Waals surface area contributed by atoms with Crippen LogP contribution in [0.1, 0.15) is 67.7 Å². The predicted molar refractivity (Wildman–Crippen MR) is 252 cm³/mol. The van der Waals surface area contributed by atoms with Gasteiger partial charge in [-0.3, -0.25) is 39.4 Å². The van der Waals surface area contributed by atoms with Gasteiger partial charge in [0.05, 0.1) is 23.0 Å². The second-order valence-electron chi connectivity index (χ2n) is 18.3. The predicted octanol–water partition coefficient (Wildman–Crippen LogP) is 6.30. The Balaban J connectivity index is 0.864. The zero-order valence-corrected chi connectivity index (χ0v) is 37.6. The molecular formula is C51H52N10O5. The topological polar surface area (TPSA) is 159 Å². The number of hydrogen-bond acceptors (Lipinski definition) is 9. The highest BCUT2D eigenvalue weighted by Gasteiger charge is 2.50. The number of nitrogens with zero attached hydrogens (tertiary/aromatic N) is 9. The average Bonchev–Trinajstić information content (AvgIpc) is 3.95. The highest BCUT2D eigenvalue weighted by molar-refractivity contribution is 6.14. The van der Waals surface area contributed by atoms with Gasteiger partial charge in [-0.15, -0.1) is 0 Å². The van der Waals surface area contributed by atoms with Gasteiger partial charge < -0.3 is 4.90 Å². The number of aryl methyl sites for hydroxylation is 1. The Bertz CT molecular complexity index is 2950. The number of imide groups is 1. The smallest absolute Gasteiger partial charge is 0.303 e. The molecule has 6 aromatic rings. The Hall–Kier alpha value is -7.26. The van der Waals surface area contributed by atoms with Gasteiger partial charge in [-0.25, -0.2) is 23.8 Å². The third kappa shape index (κ3) is 7.46. The van der Waals surface area contributed by atoms with Crippen molar-refractivity contribution in [1.29, 1.82) is 0 Å². The summed E-state index contributed by atoms with van der Waals surface area (Å²) in [5, 5.41) is 6.62. The number of carbonyl (C=O) groups excluding carboxylic acids is 4. The van der Waals surface area contributed by atoms with Gasteiger partial charge in [-0.2, -0.15) is 5.10 Å². The van der Waals surface area contributed by atoms with Crippen molar-refractivity contribution in [3.05, 3.63) is 137 Å². The Kier molecular flexibility index (Phi) is 11.0. The molecule has 1 N–H and O–H groups in total. The van der Waals surface area contributed by atoms with Crippen LogP contribution in [0, 0.1) is 6.92 Å². The van der Waals surface area contributed by atoms with E-state index >= 15 is 0 Å². The minimum atomic E-state index is -0.789. The second kappa shape index (κ2) is 16.9. The summed E-state index contributed by atoms with van der Waals surface area (Å²) in [6.07, 6.45) is 10.0. The summed E-state index contributed by atoms with van der Waals surface area (Å²) in [5.74, 6) is 0.180. The number of fused-ring (bicyclic) bond motifs is 1. The first kappa shape index (κ1) is 42.7. The Morgan fingerprint density at radius 3 is 2.30 bits per heavy atom. The number of anilines is 3. The first-order valence-corrected chi connectivity index (χ1v) is 22.7. The van der Waals surface area contributed by atoms with E-state index in [1.807, 2.05) is 69.3 Å². The fraction of sp³-hybridized carbons (Fsp3) is 0.333. The molecule has 4 aliphatic heterocycles. The molecule has 3 aromatic carbocycles. The molecule has 15 heteroatoms. The molecule has 0 aliphatic carbocycles. The highest BCUT2D eigenvalue weighted by Crippen LogP contribution is 2.46. The second-order valence-corrected chi connectivity index (χ2v) is 18.3. The van der Waals surface area contributed by atoms with Gasteiger partial charge in [0.2, 0.25) is 17.7 Å². The number of piperidine rings is 2. The van der Waals surface area contributed by atoms with E-state index in [1.165, 1.54) is 21.1 Å². The van der Waals surface area contributed by atoms with Crippen LogP contribution in [0.15, 0.2) is 109 Å². The molecule has 0 spiro atoms. The van der Waals surface area contributed by atoms with Gasteiger partial charge in [-0.1, -0.05) is 42.5 Å². The van der Waals surface area contributed by atoms with Crippen molar-refractivity contribution in [2.24, 2.45) is 7.05 Å². The maximum Gasteiger partial charge on any atom is 0.350 e. The maximum absolute atomic E-state index is 13.9. The van der Waals surface area contributed by atoms with Gasteiger partial charge in [0.15, 0.2) is 0 Å². The fourth-order valence-corrected chi connectivity index (χ4v) is 10.5. The lowest BCUT2D eigenvalue weighted by molar-refractivity contribution is -0.136. The average molecular weight is 885 g/mol. The molecule has 15 nitrogen and oxygen atoms in total. The van der Waals surface area contributed by atoms with Gasteiger partial charge >= 0.3 is 11.7 Å². The molecule has 0 saturated carbocycles. The lowest BCUT2D eigenvalue weighted by Crippen LogP contribution is -2.55. The molecular weight excluding hydrogens is 833 g/mol. The summed E-state index contributed by atoms with van der Waals surface area (Å²) < 4.78 is 2.85. The maximum atomic E-state index is 13.9. The van der Waals surface area contributed by atoms with Crippen LogP contribution >= 0.6 is 0 Å². The van der Waals surface area contributed by atoms with Gasteiger partial charge in [0.1, 0.15) is 18.2 Å². The lowest BCUT2D eigenvalue weighted by atomic mass is 9.82. The van der Waals surface area contributed by atoms with Gasteiger partial charge in [0, 0.05) is 51.2 Å². The first-order chi connectivity index (χ1) is 31.9. The number of aromatic nitrogens is 5. The molecule has 7 heterocycles. The quantitative estimate of drug-likeness (QED) is 0.156. The standard InChI is InChI=1S/C51H52N10O5/c1-32-39(18-23-53-46(32)59-28-27-58(50(59)66)38-8-6-22-52-30-38)40-15-14-37(60-31-54-56(4)49(60)65)29-41(40)35-12-10-33(11-13-35)34-19-24-57(25-20-34)26-21-36-7-5-9-42-45(36)51(2,3)48(64)61(42)43-16-17-44(62)55-47(43)63/h5-15,18,22-23,29-31,34,43H,16-17,19-21,24-28H2,1-4H3,(H,55,62,63). The first-order valence-electron chi connectivity index (χ1n) is 22.7. The van der Waals surface area contributed by atoms with Crippen LogP contribution in [0.4, 0.5) is 22.0 Å². The molecule has 1 atom stereocenters. The van der Waals surface area contributed by atoms with E-state index in [0.29, 0.717) is 36.9 Å². The summed E-state index contributed by atoms with van der Waals surface area (Å²) >= 11 is 0. The van der Waals surface area contributed by atoms with E-state index in [0.717, 1.165) is 89.2 Å². The molecule has 3 aromatic heterocycles. The number of carbonyl (C=O) groups is 4. The number of rotatable bonds is 10. The molecule has 4 aliphatic rings. The van der Waals surface area contributed by atoms with E-state index in [2.05, 4.69) is 50.6 Å². The number of hydrogen-bond donors (Lipinski definition) is 1. The Morgan fingerprint density at radius 2 is 1.58 bits per heavy atom. The number of amides is 5. The molecule has 0 radical (unpaired) electrons. The van der Waals surface area contributed by atoms with Crippen molar-refractivity contribution < 1.29 is 19.2 Å². The van der Waals surface area contributed by atoms with Crippen LogP contribution in [0.2, 0.25) is 0 Å². The van der Waals surface area contributed by atoms with Crippen molar-refractivity contribution in [3.8, 4) is 27.9 Å². The van der Waals surface area contributed by atoms with Crippen LogP contribution in [0.3, 0.4) is 0 Å². The minimum Gasteiger partial charge on any atom is -0.303 e. The molecule has 5 amide bonds. The monoisotopic (exact) mass is 884 g/mol. The molecule has 3 fully saturated rings. The van der Waals surface area contributed by atoms with Crippen LogP contribution in [-0.4, -0.2) is 91.7 Å². The molecule has 10 rings (SSSR count). The summed E-state index contributed by atoms with van der Waals surface area (Å²) in [6.45, 7) is 9.63. The van der Waals surface area contributed by atoms with E-state index in [1.54, 1.807) is 40.3 Å². The third-order valence-electron chi connectivity index (χ3n) is 14.1. The SMILES string of the molecule is Cc1c(-c2ccc(-n3cnn(C)c3=O)cc2-c2ccc(C3CCN(CCc4cccc5c4C(C)(C)C(=O)N5C4CCC(=O)NC4=O)CC3)cc2)ccnc1N1CCN(c2cccnc2)C1=O. The lowest BCUT2D eigenvalue weighted by Gasteiger charge is -2.32. The summed E-state index contributed by atoms with van der Waals surface area (Å²) in [5.41, 5.74) is 9.25. The van der Waals surface area contributed by atoms with Crippen molar-refractivity contribution >= 4 is 40.9 Å². The summed E-state index contributed by atoms with van der Waals surface area (Å²) in [6, 6.07) is 25.6. The van der Waals surface area contributed by atoms with Crippen LogP contribution in [-0.2, 0) is 33.3 Å². The zero-order chi connectivity index (χ0) is 45.9. The number of benzene rings is 3. The van der Waals surface area contributed by atoms with E-state index in [9.17, 15) is 24.0 Å². The van der Waals surface area contributed by atoms with Crippen molar-refractivity contribution in [2.45, 2.75) is 70.3 Å². The number of pyridine rings is 2. The van der Waals surface area contributed by atoms with Crippen molar-refractivity contribution in [2.75, 3.05) is 47.4 Å². The minimum absolute atomic E-state index is 0.106. The molecule has 336 valence electrons. The fourth-order valence-electron chi connectivity index (χ4n) is 10.5. The number of urea groups is 1. The Labute approximate surface area is 382 Å². The highest BCUT2D eigenvalue weighted by atomic mass is 16.2. The van der Waals surface area contributed by atoms with Gasteiger partial charge in [-0.05, 0) is 146 Å².